The third-order valence-electron chi connectivity index (χ3n) is 8.10. The van der Waals surface area contributed by atoms with Crippen LogP contribution < -0.4 is 9.80 Å². The molecule has 50 heavy (non-hydrogen) atoms. The number of para-hydroxylation sites is 2. The van der Waals surface area contributed by atoms with Crippen LogP contribution in [0.25, 0.3) is 11.1 Å². The number of ether oxygens (including phenoxy) is 2. The zero-order valence-corrected chi connectivity index (χ0v) is 27.5. The summed E-state index contributed by atoms with van der Waals surface area (Å²) in [5.41, 5.74) is 10.0. The monoisotopic (exact) mass is 656 g/mol. The van der Waals surface area contributed by atoms with Crippen molar-refractivity contribution in [3.8, 4) is 11.1 Å². The standard InChI is InChI=1S/C44H36N2O4/c1-3-43(47)49-31-33-15-23-39(24-16-33)45(37-11-7-5-8-12-37)41-27-19-35(20-28-41)36-21-29-42(30-22-36)46(38-13-9-6-10-14-38)40-25-17-34(18-26-40)32-50-44(48)4-2/h3-30H,1-2,31-32H2. The van der Waals surface area contributed by atoms with E-state index in [-0.39, 0.29) is 13.2 Å². The van der Waals surface area contributed by atoms with Crippen LogP contribution in [-0.4, -0.2) is 11.9 Å². The molecule has 0 aliphatic rings. The van der Waals surface area contributed by atoms with Crippen molar-refractivity contribution in [1.82, 2.24) is 0 Å². The van der Waals surface area contributed by atoms with E-state index in [0.29, 0.717) is 0 Å². The lowest BCUT2D eigenvalue weighted by Crippen LogP contribution is -2.10. The zero-order valence-electron chi connectivity index (χ0n) is 27.5. The van der Waals surface area contributed by atoms with E-state index in [2.05, 4.69) is 95.8 Å². The van der Waals surface area contributed by atoms with Gasteiger partial charge >= 0.3 is 11.9 Å². The van der Waals surface area contributed by atoms with E-state index in [4.69, 9.17) is 9.47 Å². The minimum Gasteiger partial charge on any atom is -0.458 e. The van der Waals surface area contributed by atoms with Crippen molar-refractivity contribution in [3.63, 3.8) is 0 Å². The molecule has 6 aromatic carbocycles. The first kappa shape index (κ1) is 33.2. The highest BCUT2D eigenvalue weighted by molar-refractivity contribution is 5.82. The number of esters is 2. The van der Waals surface area contributed by atoms with Crippen LogP contribution in [-0.2, 0) is 32.3 Å². The molecule has 6 nitrogen and oxygen atoms in total. The van der Waals surface area contributed by atoms with E-state index in [1.165, 1.54) is 12.2 Å². The van der Waals surface area contributed by atoms with E-state index in [1.807, 2.05) is 84.9 Å². The number of rotatable bonds is 13. The van der Waals surface area contributed by atoms with Crippen LogP contribution in [0.2, 0.25) is 0 Å². The molecule has 0 bridgehead atoms. The molecule has 6 heteroatoms. The number of anilines is 6. The number of carbonyl (C=O) groups excluding carboxylic acids is 2. The van der Waals surface area contributed by atoms with Gasteiger partial charge in [-0.15, -0.1) is 0 Å². The summed E-state index contributed by atoms with van der Waals surface area (Å²) >= 11 is 0. The summed E-state index contributed by atoms with van der Waals surface area (Å²) in [7, 11) is 0. The third-order valence-corrected chi connectivity index (χ3v) is 8.10. The van der Waals surface area contributed by atoms with E-state index >= 15 is 0 Å². The second kappa shape index (κ2) is 16.0. The number of carbonyl (C=O) groups is 2. The molecule has 0 aliphatic carbocycles. The van der Waals surface area contributed by atoms with Gasteiger partial charge in [0, 0.05) is 46.3 Å². The van der Waals surface area contributed by atoms with Gasteiger partial charge in [0.25, 0.3) is 0 Å². The van der Waals surface area contributed by atoms with Crippen LogP contribution in [0.1, 0.15) is 11.1 Å². The highest BCUT2D eigenvalue weighted by atomic mass is 16.5. The summed E-state index contributed by atoms with van der Waals surface area (Å²) < 4.78 is 10.4. The van der Waals surface area contributed by atoms with E-state index in [0.717, 1.165) is 56.4 Å². The first-order chi connectivity index (χ1) is 24.5. The molecule has 0 heterocycles. The van der Waals surface area contributed by atoms with Crippen LogP contribution in [0.3, 0.4) is 0 Å². The van der Waals surface area contributed by atoms with Gasteiger partial charge in [0.05, 0.1) is 0 Å². The van der Waals surface area contributed by atoms with Gasteiger partial charge in [-0.1, -0.05) is 98.1 Å². The van der Waals surface area contributed by atoms with Crippen molar-refractivity contribution in [2.45, 2.75) is 13.2 Å². The van der Waals surface area contributed by atoms with Gasteiger partial charge in [-0.2, -0.15) is 0 Å². The Hall–Kier alpha value is -6.66. The van der Waals surface area contributed by atoms with Crippen LogP contribution >= 0.6 is 0 Å². The first-order valence-electron chi connectivity index (χ1n) is 16.2. The molecule has 0 atom stereocenters. The first-order valence-corrected chi connectivity index (χ1v) is 16.2. The van der Waals surface area contributed by atoms with Gasteiger partial charge in [0.2, 0.25) is 0 Å². The lowest BCUT2D eigenvalue weighted by atomic mass is 10.0. The molecular formula is C44H36N2O4. The normalized spacial score (nSPS) is 10.5. The lowest BCUT2D eigenvalue weighted by Gasteiger charge is -2.26. The molecule has 0 aromatic heterocycles. The summed E-state index contributed by atoms with van der Waals surface area (Å²) in [6.45, 7) is 7.28. The quantitative estimate of drug-likeness (QED) is 0.0911. The molecule has 0 spiro atoms. The molecule has 6 aromatic rings. The van der Waals surface area contributed by atoms with E-state index in [1.54, 1.807) is 0 Å². The molecule has 0 aliphatic heterocycles. The van der Waals surface area contributed by atoms with Crippen molar-refractivity contribution in [1.29, 1.82) is 0 Å². The van der Waals surface area contributed by atoms with Gasteiger partial charge in [0.15, 0.2) is 0 Å². The van der Waals surface area contributed by atoms with Gasteiger partial charge in [0.1, 0.15) is 13.2 Å². The average molecular weight is 657 g/mol. The molecule has 0 saturated heterocycles. The predicted molar refractivity (Wildman–Crippen MR) is 201 cm³/mol. The average Bonchev–Trinajstić information content (AvgIpc) is 3.18. The number of benzene rings is 6. The van der Waals surface area contributed by atoms with Gasteiger partial charge in [-0.3, -0.25) is 0 Å². The maximum absolute atomic E-state index is 11.5. The van der Waals surface area contributed by atoms with Crippen molar-refractivity contribution < 1.29 is 19.1 Å². The maximum atomic E-state index is 11.5. The Morgan fingerprint density at radius 2 is 0.700 bits per heavy atom. The Bertz CT molecular complexity index is 1890. The molecule has 0 unspecified atom stereocenters. The molecular weight excluding hydrogens is 620 g/mol. The van der Waals surface area contributed by atoms with E-state index in [9.17, 15) is 9.59 Å². The fraction of sp³-hybridized carbons (Fsp3) is 0.0455. The summed E-state index contributed by atoms with van der Waals surface area (Å²) in [6.07, 6.45) is 2.33. The Balaban J connectivity index is 1.24. The van der Waals surface area contributed by atoms with Gasteiger partial charge in [-0.25, -0.2) is 9.59 Å². The summed E-state index contributed by atoms with van der Waals surface area (Å²) in [5, 5.41) is 0. The smallest absolute Gasteiger partial charge is 0.330 e. The molecule has 0 N–H and O–H groups in total. The van der Waals surface area contributed by atoms with Crippen LogP contribution in [0.5, 0.6) is 0 Å². The number of hydrogen-bond acceptors (Lipinski definition) is 6. The fourth-order valence-electron chi connectivity index (χ4n) is 5.56. The molecule has 0 radical (unpaired) electrons. The minimum absolute atomic E-state index is 0.189. The number of hydrogen-bond donors (Lipinski definition) is 0. The lowest BCUT2D eigenvalue weighted by molar-refractivity contribution is -0.139. The second-order valence-corrected chi connectivity index (χ2v) is 11.4. The summed E-state index contributed by atoms with van der Waals surface area (Å²) in [6, 6.07) is 53.4. The van der Waals surface area contributed by atoms with Gasteiger partial charge in [-0.05, 0) is 95.1 Å². The van der Waals surface area contributed by atoms with E-state index < -0.39 is 11.9 Å². The number of nitrogens with zero attached hydrogens (tertiary/aromatic N) is 2. The molecule has 246 valence electrons. The largest absolute Gasteiger partial charge is 0.458 e. The fourth-order valence-corrected chi connectivity index (χ4v) is 5.56. The van der Waals surface area contributed by atoms with Crippen LogP contribution in [0.15, 0.2) is 183 Å². The second-order valence-electron chi connectivity index (χ2n) is 11.4. The van der Waals surface area contributed by atoms with Crippen LogP contribution in [0, 0.1) is 0 Å². The van der Waals surface area contributed by atoms with Crippen LogP contribution in [0.4, 0.5) is 34.1 Å². The highest BCUT2D eigenvalue weighted by Crippen LogP contribution is 2.38. The summed E-state index contributed by atoms with van der Waals surface area (Å²) in [4.78, 5) is 27.4. The SMILES string of the molecule is C=CC(=O)OCc1ccc(N(c2ccccc2)c2ccc(-c3ccc(N(c4ccccc4)c4ccc(COC(=O)C=C)cc4)cc3)cc2)cc1. The summed E-state index contributed by atoms with van der Waals surface area (Å²) in [5.74, 6) is -0.889. The topological polar surface area (TPSA) is 59.1 Å². The predicted octanol–water partition coefficient (Wildman–Crippen LogP) is 10.8. The van der Waals surface area contributed by atoms with Crippen molar-refractivity contribution in [3.05, 3.63) is 194 Å². The molecule has 0 amide bonds. The zero-order chi connectivity index (χ0) is 34.7. The Morgan fingerprint density at radius 3 is 1.00 bits per heavy atom. The Kier molecular flexibility index (Phi) is 10.6. The Morgan fingerprint density at radius 1 is 0.420 bits per heavy atom. The van der Waals surface area contributed by atoms with Crippen molar-refractivity contribution in [2.24, 2.45) is 0 Å². The minimum atomic E-state index is -0.444. The molecule has 0 saturated carbocycles. The Labute approximate surface area is 292 Å². The van der Waals surface area contributed by atoms with Gasteiger partial charge < -0.3 is 19.3 Å². The molecule has 6 rings (SSSR count). The maximum Gasteiger partial charge on any atom is 0.330 e. The third kappa shape index (κ3) is 8.06. The van der Waals surface area contributed by atoms with Crippen molar-refractivity contribution in [2.75, 3.05) is 9.80 Å². The van der Waals surface area contributed by atoms with Crippen molar-refractivity contribution >= 4 is 46.1 Å². The molecule has 0 fully saturated rings. The highest BCUT2D eigenvalue weighted by Gasteiger charge is 2.15.